The lowest BCUT2D eigenvalue weighted by Crippen LogP contribution is -2.49. The molecule has 1 aliphatic rings. The number of hydrogen-bond acceptors (Lipinski definition) is 4. The van der Waals surface area contributed by atoms with Gasteiger partial charge >= 0.3 is 5.97 Å². The summed E-state index contributed by atoms with van der Waals surface area (Å²) in [7, 11) is 1.52. The minimum absolute atomic E-state index is 0.221. The maximum atomic E-state index is 12.1. The van der Waals surface area contributed by atoms with E-state index in [1.165, 1.54) is 12.0 Å². The Bertz CT molecular complexity index is 319. The molecule has 0 aromatic rings. The van der Waals surface area contributed by atoms with Crippen molar-refractivity contribution in [3.05, 3.63) is 0 Å². The summed E-state index contributed by atoms with van der Waals surface area (Å²) in [6, 6.07) is -1.46. The number of rotatable bonds is 5. The van der Waals surface area contributed by atoms with Gasteiger partial charge in [-0.1, -0.05) is 13.8 Å². The average molecular weight is 258 g/mol. The summed E-state index contributed by atoms with van der Waals surface area (Å²) in [5.41, 5.74) is 5.82. The number of carboxylic acids is 1. The fourth-order valence-corrected chi connectivity index (χ4v) is 2.27. The van der Waals surface area contributed by atoms with Gasteiger partial charge in [-0.05, 0) is 12.3 Å². The van der Waals surface area contributed by atoms with Gasteiger partial charge in [-0.25, -0.2) is 4.79 Å². The first kappa shape index (κ1) is 14.9. The summed E-state index contributed by atoms with van der Waals surface area (Å²) in [6.07, 6.45) is 0.659. The van der Waals surface area contributed by atoms with Crippen LogP contribution in [0.1, 0.15) is 26.7 Å². The molecule has 0 bridgehead atoms. The molecule has 1 saturated heterocycles. The summed E-state index contributed by atoms with van der Waals surface area (Å²) >= 11 is 0. The summed E-state index contributed by atoms with van der Waals surface area (Å²) < 4.78 is 5.13. The molecule has 104 valence electrons. The zero-order chi connectivity index (χ0) is 13.9. The van der Waals surface area contributed by atoms with Crippen LogP contribution < -0.4 is 5.73 Å². The van der Waals surface area contributed by atoms with Crippen molar-refractivity contribution in [1.82, 2.24) is 4.90 Å². The van der Waals surface area contributed by atoms with Crippen LogP contribution in [0.2, 0.25) is 0 Å². The van der Waals surface area contributed by atoms with E-state index in [-0.39, 0.29) is 12.0 Å². The summed E-state index contributed by atoms with van der Waals surface area (Å²) in [5.74, 6) is -0.997. The van der Waals surface area contributed by atoms with Crippen LogP contribution in [-0.4, -0.2) is 53.7 Å². The van der Waals surface area contributed by atoms with E-state index < -0.39 is 18.1 Å². The van der Waals surface area contributed by atoms with E-state index in [4.69, 9.17) is 15.6 Å². The zero-order valence-corrected chi connectivity index (χ0v) is 11.1. The van der Waals surface area contributed by atoms with Crippen LogP contribution in [0.15, 0.2) is 0 Å². The van der Waals surface area contributed by atoms with E-state index in [1.54, 1.807) is 0 Å². The van der Waals surface area contributed by atoms with Gasteiger partial charge in [-0.15, -0.1) is 0 Å². The summed E-state index contributed by atoms with van der Waals surface area (Å²) in [6.45, 7) is 4.26. The Morgan fingerprint density at radius 1 is 1.50 bits per heavy atom. The molecule has 0 saturated carbocycles. The molecule has 6 nitrogen and oxygen atoms in total. The van der Waals surface area contributed by atoms with Crippen LogP contribution in [-0.2, 0) is 14.3 Å². The van der Waals surface area contributed by atoms with Crippen molar-refractivity contribution in [2.24, 2.45) is 11.7 Å². The first-order valence-corrected chi connectivity index (χ1v) is 6.18. The Hall–Kier alpha value is -1.14. The van der Waals surface area contributed by atoms with Crippen LogP contribution in [0, 0.1) is 5.92 Å². The molecule has 1 rings (SSSR count). The highest BCUT2D eigenvalue weighted by Crippen LogP contribution is 2.22. The standard InChI is InChI=1S/C12H22N2O4/c1-7(2)4-9(13)11(15)14-6-8(18-3)5-10(14)12(16)17/h7-10H,4-6,13H2,1-3H3,(H,16,17). The van der Waals surface area contributed by atoms with Crippen LogP contribution in [0.4, 0.5) is 0 Å². The number of aliphatic carboxylic acids is 1. The Labute approximate surface area is 107 Å². The number of carbonyl (C=O) groups is 2. The second-order valence-electron chi connectivity index (χ2n) is 5.17. The monoisotopic (exact) mass is 258 g/mol. The van der Waals surface area contributed by atoms with Crippen molar-refractivity contribution >= 4 is 11.9 Å². The van der Waals surface area contributed by atoms with E-state index in [9.17, 15) is 9.59 Å². The number of ether oxygens (including phenoxy) is 1. The number of amides is 1. The Morgan fingerprint density at radius 2 is 2.11 bits per heavy atom. The topological polar surface area (TPSA) is 92.9 Å². The van der Waals surface area contributed by atoms with E-state index in [2.05, 4.69) is 0 Å². The van der Waals surface area contributed by atoms with Gasteiger partial charge in [0.1, 0.15) is 6.04 Å². The van der Waals surface area contributed by atoms with Gasteiger partial charge in [0.25, 0.3) is 0 Å². The Kier molecular flexibility index (Phi) is 5.10. The van der Waals surface area contributed by atoms with Gasteiger partial charge in [-0.3, -0.25) is 4.79 Å². The smallest absolute Gasteiger partial charge is 0.326 e. The van der Waals surface area contributed by atoms with Gasteiger partial charge in [0.15, 0.2) is 0 Å². The second-order valence-corrected chi connectivity index (χ2v) is 5.17. The van der Waals surface area contributed by atoms with Gasteiger partial charge in [0, 0.05) is 20.1 Å². The number of carboxylic acid groups (broad SMARTS) is 1. The van der Waals surface area contributed by atoms with Crippen LogP contribution >= 0.6 is 0 Å². The maximum absolute atomic E-state index is 12.1. The molecule has 3 N–H and O–H groups in total. The zero-order valence-electron chi connectivity index (χ0n) is 11.1. The van der Waals surface area contributed by atoms with Crippen molar-refractivity contribution in [3.8, 4) is 0 Å². The number of methoxy groups -OCH3 is 1. The third kappa shape index (κ3) is 3.43. The highest BCUT2D eigenvalue weighted by Gasteiger charge is 2.41. The van der Waals surface area contributed by atoms with Gasteiger partial charge < -0.3 is 20.5 Å². The van der Waals surface area contributed by atoms with Crippen molar-refractivity contribution < 1.29 is 19.4 Å². The van der Waals surface area contributed by atoms with Gasteiger partial charge in [0.05, 0.1) is 12.1 Å². The SMILES string of the molecule is COC1CC(C(=O)O)N(C(=O)C(N)CC(C)C)C1. The maximum Gasteiger partial charge on any atom is 0.326 e. The average Bonchev–Trinajstić information content (AvgIpc) is 2.71. The van der Waals surface area contributed by atoms with Crippen molar-refractivity contribution in [1.29, 1.82) is 0 Å². The van der Waals surface area contributed by atoms with Crippen LogP contribution in [0.25, 0.3) is 0 Å². The lowest BCUT2D eigenvalue weighted by Gasteiger charge is -2.25. The lowest BCUT2D eigenvalue weighted by atomic mass is 10.0. The molecule has 0 aliphatic carbocycles. The molecule has 0 spiro atoms. The van der Waals surface area contributed by atoms with E-state index in [1.807, 2.05) is 13.8 Å². The third-order valence-electron chi connectivity index (χ3n) is 3.21. The molecule has 6 heteroatoms. The molecule has 0 aromatic carbocycles. The molecule has 18 heavy (non-hydrogen) atoms. The van der Waals surface area contributed by atoms with Crippen molar-refractivity contribution in [3.63, 3.8) is 0 Å². The second kappa shape index (κ2) is 6.15. The summed E-state index contributed by atoms with van der Waals surface area (Å²) in [5, 5.41) is 9.12. The van der Waals surface area contributed by atoms with E-state index in [0.717, 1.165) is 0 Å². The molecule has 3 unspecified atom stereocenters. The Balaban J connectivity index is 2.73. The predicted octanol–water partition coefficient (Wildman–Crippen LogP) is 0.0603. The molecule has 1 fully saturated rings. The number of nitrogens with two attached hydrogens (primary N) is 1. The highest BCUT2D eigenvalue weighted by atomic mass is 16.5. The molecule has 0 radical (unpaired) electrons. The van der Waals surface area contributed by atoms with E-state index in [0.29, 0.717) is 25.3 Å². The first-order chi connectivity index (χ1) is 8.36. The molecule has 1 heterocycles. The molecular formula is C12H22N2O4. The fraction of sp³-hybridized carbons (Fsp3) is 0.833. The number of likely N-dealkylation sites (tertiary alicyclic amines) is 1. The fourth-order valence-electron chi connectivity index (χ4n) is 2.27. The third-order valence-corrected chi connectivity index (χ3v) is 3.21. The number of carbonyl (C=O) groups excluding carboxylic acids is 1. The largest absolute Gasteiger partial charge is 0.480 e. The Morgan fingerprint density at radius 3 is 2.56 bits per heavy atom. The van der Waals surface area contributed by atoms with Crippen molar-refractivity contribution in [2.75, 3.05) is 13.7 Å². The molecular weight excluding hydrogens is 236 g/mol. The van der Waals surface area contributed by atoms with Gasteiger partial charge in [0.2, 0.25) is 5.91 Å². The lowest BCUT2D eigenvalue weighted by molar-refractivity contribution is -0.148. The van der Waals surface area contributed by atoms with Crippen LogP contribution in [0.5, 0.6) is 0 Å². The van der Waals surface area contributed by atoms with Crippen LogP contribution in [0.3, 0.4) is 0 Å². The number of nitrogens with zero attached hydrogens (tertiary/aromatic N) is 1. The van der Waals surface area contributed by atoms with Gasteiger partial charge in [-0.2, -0.15) is 0 Å². The summed E-state index contributed by atoms with van der Waals surface area (Å²) in [4.78, 5) is 24.6. The highest BCUT2D eigenvalue weighted by molar-refractivity contribution is 5.87. The molecule has 1 amide bonds. The molecule has 0 aromatic heterocycles. The minimum Gasteiger partial charge on any atom is -0.480 e. The first-order valence-electron chi connectivity index (χ1n) is 6.18. The quantitative estimate of drug-likeness (QED) is 0.727. The normalized spacial score (nSPS) is 25.5. The number of hydrogen-bond donors (Lipinski definition) is 2. The molecule has 3 atom stereocenters. The molecule has 1 aliphatic heterocycles. The minimum atomic E-state index is -1.00. The van der Waals surface area contributed by atoms with E-state index >= 15 is 0 Å². The predicted molar refractivity (Wildman–Crippen MR) is 66.0 cm³/mol. The van der Waals surface area contributed by atoms with Crippen molar-refractivity contribution in [2.45, 2.75) is 44.9 Å².